The van der Waals surface area contributed by atoms with Crippen molar-refractivity contribution in [1.82, 2.24) is 30.2 Å². The van der Waals surface area contributed by atoms with Crippen LogP contribution < -0.4 is 16.4 Å². The number of aromatic nitrogens is 4. The Morgan fingerprint density at radius 3 is 2.04 bits per heavy atom. The van der Waals surface area contributed by atoms with E-state index in [1.54, 1.807) is 0 Å². The fraction of sp³-hybridized carbons (Fsp3) is 0.795. The Morgan fingerprint density at radius 2 is 1.43 bits per heavy atom. The molecule has 25 nitrogen and oxygen atoms in total. The second kappa shape index (κ2) is 28.1. The van der Waals surface area contributed by atoms with E-state index in [4.69, 9.17) is 19.5 Å². The largest absolute Gasteiger partial charge is 0.481 e. The van der Waals surface area contributed by atoms with E-state index in [1.165, 1.54) is 78.1 Å². The Hall–Kier alpha value is -2.83. The van der Waals surface area contributed by atoms with Crippen LogP contribution in [-0.2, 0) is 50.7 Å². The molecule has 2 aromatic heterocycles. The van der Waals surface area contributed by atoms with Crippen LogP contribution in [0.4, 0.5) is 5.82 Å². The van der Waals surface area contributed by atoms with Crippen molar-refractivity contribution in [3.63, 3.8) is 0 Å². The molecule has 1 saturated heterocycles. The van der Waals surface area contributed by atoms with Crippen LogP contribution in [0.2, 0.25) is 0 Å². The first-order valence-electron chi connectivity index (χ1n) is 22.5. The lowest BCUT2D eigenvalue weighted by molar-refractivity contribution is -0.137. The van der Waals surface area contributed by atoms with Gasteiger partial charge in [0.2, 0.25) is 11.8 Å². The van der Waals surface area contributed by atoms with Crippen LogP contribution in [0, 0.1) is 5.41 Å². The van der Waals surface area contributed by atoms with E-state index in [0.29, 0.717) is 6.42 Å². The first-order valence-corrected chi connectivity index (χ1v) is 27.1. The van der Waals surface area contributed by atoms with Gasteiger partial charge in [-0.15, -0.1) is 0 Å². The van der Waals surface area contributed by atoms with E-state index in [-0.39, 0.29) is 55.1 Å². The number of unbranched alkanes of at least 4 members (excludes halogenated alkanes) is 12. The van der Waals surface area contributed by atoms with Crippen LogP contribution >= 0.6 is 23.5 Å². The van der Waals surface area contributed by atoms with Crippen molar-refractivity contribution in [1.29, 1.82) is 0 Å². The van der Waals surface area contributed by atoms with Gasteiger partial charge >= 0.3 is 23.5 Å². The third-order valence-corrected chi connectivity index (χ3v) is 14.0. The number of nitrogen functional groups attached to an aromatic ring is 1. The summed E-state index contributed by atoms with van der Waals surface area (Å²) in [6.07, 6.45) is 8.58. The Kier molecular flexibility index (Phi) is 24.6. The molecular weight excluding hydrogens is 947 g/mol. The van der Waals surface area contributed by atoms with Crippen molar-refractivity contribution in [3.05, 3.63) is 12.7 Å². The summed E-state index contributed by atoms with van der Waals surface area (Å²) >= 11 is 0. The summed E-state index contributed by atoms with van der Waals surface area (Å²) in [4.78, 5) is 88.4. The minimum absolute atomic E-state index is 0.00506. The van der Waals surface area contributed by atoms with Gasteiger partial charge in [0.15, 0.2) is 17.7 Å². The van der Waals surface area contributed by atoms with Crippen LogP contribution in [-0.4, -0.2) is 129 Å². The van der Waals surface area contributed by atoms with Gasteiger partial charge in [-0.1, -0.05) is 104 Å². The summed E-state index contributed by atoms with van der Waals surface area (Å²) in [5.41, 5.74) is 4.25. The molecule has 28 heteroatoms. The molecule has 2 aromatic rings. The van der Waals surface area contributed by atoms with E-state index < -0.39 is 90.7 Å². The second-order valence-corrected chi connectivity index (χ2v) is 21.5. The number of phosphoric ester groups is 3. The molecule has 1 aliphatic rings. The quantitative estimate of drug-likeness (QED) is 0.0348. The van der Waals surface area contributed by atoms with E-state index in [1.807, 2.05) is 0 Å². The topological polar surface area (TPSA) is 384 Å². The number of phosphoric acid groups is 3. The molecule has 0 spiro atoms. The highest BCUT2D eigenvalue weighted by atomic mass is 31.3. The first kappa shape index (κ1) is 58.5. The zero-order chi connectivity index (χ0) is 49.8. The summed E-state index contributed by atoms with van der Waals surface area (Å²) in [6.45, 7) is 2.47. The van der Waals surface area contributed by atoms with Crippen LogP contribution in [0.5, 0.6) is 0 Å². The number of aliphatic hydroxyl groups is 3. The SMILES string of the molecule is CCCCCCCCCCCCCCCC(O)CC(=O)CCNC(=O)CCNC(=O)C(O)C(C)(C)COP(=O)(O)OP(=O)(O)OCC1OC(n2cnc3c(N)ncnc32)C(O)C1OP(=O)(O)O. The molecule has 0 bridgehead atoms. The number of amides is 2. The minimum Gasteiger partial charge on any atom is -0.393 e. The number of ketones is 1. The standard InChI is InChI=1S/C39H70N7O18P3/c1-4-5-6-7-8-9-10-11-12-13-14-15-16-17-27(47)22-28(48)18-20-41-30(49)19-21-42-37(52)34(51)39(2,3)24-61-67(58,59)64-66(56,57)60-23-29-33(63-65(53,54)55)32(50)38(62-29)46-26-45-31-35(40)43-25-44-36(31)46/h25-27,29,32-34,38,47,50-51H,4-24H2,1-3H3,(H,41,49)(H,42,52)(H,56,57)(H,58,59)(H2,40,43,44)(H2,53,54,55). The lowest BCUT2D eigenvalue weighted by atomic mass is 9.87. The molecule has 384 valence electrons. The summed E-state index contributed by atoms with van der Waals surface area (Å²) < 4.78 is 62.4. The number of Topliss-reactive ketones (excluding diaryl/α,β-unsaturated/α-hetero) is 1. The molecule has 67 heavy (non-hydrogen) atoms. The highest BCUT2D eigenvalue weighted by Gasteiger charge is 2.50. The maximum absolute atomic E-state index is 12.7. The second-order valence-electron chi connectivity index (χ2n) is 17.2. The number of anilines is 1. The molecule has 11 N–H and O–H groups in total. The minimum atomic E-state index is -5.59. The Bertz CT molecular complexity index is 2010. The van der Waals surface area contributed by atoms with Gasteiger partial charge in [-0.25, -0.2) is 28.6 Å². The third kappa shape index (κ3) is 21.4. The number of nitrogens with two attached hydrogens (primary N) is 1. The molecule has 8 atom stereocenters. The third-order valence-electron chi connectivity index (χ3n) is 10.9. The number of rotatable bonds is 35. The van der Waals surface area contributed by atoms with Crippen LogP contribution in [0.15, 0.2) is 12.7 Å². The predicted molar refractivity (Wildman–Crippen MR) is 240 cm³/mol. The van der Waals surface area contributed by atoms with Gasteiger partial charge in [-0.3, -0.25) is 32.5 Å². The average Bonchev–Trinajstić information content (AvgIpc) is 3.80. The number of hydrogen-bond acceptors (Lipinski definition) is 18. The van der Waals surface area contributed by atoms with Gasteiger partial charge in [-0.05, 0) is 6.42 Å². The van der Waals surface area contributed by atoms with E-state index in [2.05, 4.69) is 41.3 Å². The van der Waals surface area contributed by atoms with E-state index in [0.717, 1.165) is 36.5 Å². The number of ether oxygens (including phenoxy) is 1. The van der Waals surface area contributed by atoms with Gasteiger partial charge < -0.3 is 56.0 Å². The average molecular weight is 1020 g/mol. The number of hydrogen-bond donors (Lipinski definition) is 10. The predicted octanol–water partition coefficient (Wildman–Crippen LogP) is 3.60. The first-order chi connectivity index (χ1) is 31.4. The molecule has 0 radical (unpaired) electrons. The van der Waals surface area contributed by atoms with Crippen molar-refractivity contribution >= 4 is 58.0 Å². The van der Waals surface area contributed by atoms with Crippen molar-refractivity contribution < 1.29 is 85.6 Å². The highest BCUT2D eigenvalue weighted by molar-refractivity contribution is 7.61. The molecule has 2 amide bonds. The number of carbonyl (C=O) groups is 3. The van der Waals surface area contributed by atoms with Gasteiger partial charge in [0.05, 0.1) is 25.6 Å². The maximum atomic E-state index is 12.7. The number of nitrogens with one attached hydrogen (secondary N) is 2. The zero-order valence-electron chi connectivity index (χ0n) is 38.3. The number of carbonyl (C=O) groups excluding carboxylic acids is 3. The lowest BCUT2D eigenvalue weighted by Gasteiger charge is -2.30. The number of aliphatic hydroxyl groups excluding tert-OH is 3. The van der Waals surface area contributed by atoms with Gasteiger partial charge in [0.1, 0.15) is 42.0 Å². The molecule has 0 saturated carbocycles. The highest BCUT2D eigenvalue weighted by Crippen LogP contribution is 2.61. The molecule has 3 rings (SSSR count). The fourth-order valence-electron chi connectivity index (χ4n) is 7.15. The van der Waals surface area contributed by atoms with E-state index >= 15 is 0 Å². The Balaban J connectivity index is 1.33. The molecule has 3 heterocycles. The molecule has 8 unspecified atom stereocenters. The number of fused-ring (bicyclic) bond motifs is 1. The lowest BCUT2D eigenvalue weighted by Crippen LogP contribution is -2.46. The van der Waals surface area contributed by atoms with Crippen molar-refractivity contribution in [2.45, 2.75) is 167 Å². The summed E-state index contributed by atoms with van der Waals surface area (Å²) in [6, 6.07) is 0. The van der Waals surface area contributed by atoms with Gasteiger partial charge in [-0.2, -0.15) is 4.31 Å². The molecule has 0 aromatic carbocycles. The summed E-state index contributed by atoms with van der Waals surface area (Å²) in [5.74, 6) is -1.74. The molecule has 1 aliphatic heterocycles. The number of imidazole rings is 1. The zero-order valence-corrected chi connectivity index (χ0v) is 41.0. The van der Waals surface area contributed by atoms with Crippen molar-refractivity contribution in [3.8, 4) is 0 Å². The normalized spacial score (nSPS) is 20.6. The maximum Gasteiger partial charge on any atom is 0.481 e. The van der Waals surface area contributed by atoms with E-state index in [9.17, 15) is 63.0 Å². The fourth-order valence-corrected chi connectivity index (χ4v) is 9.97. The van der Waals surface area contributed by atoms with Crippen molar-refractivity contribution in [2.75, 3.05) is 32.0 Å². The van der Waals surface area contributed by atoms with Gasteiger partial charge in [0, 0.05) is 37.8 Å². The van der Waals surface area contributed by atoms with Crippen LogP contribution in [0.3, 0.4) is 0 Å². The monoisotopic (exact) mass is 1020 g/mol. The molecular formula is C39H70N7O18P3. The summed E-state index contributed by atoms with van der Waals surface area (Å²) in [7, 11) is -16.4. The molecule has 0 aliphatic carbocycles. The molecule has 1 fully saturated rings. The number of nitrogens with zero attached hydrogens (tertiary/aromatic N) is 4. The Morgan fingerprint density at radius 1 is 0.851 bits per heavy atom. The van der Waals surface area contributed by atoms with Gasteiger partial charge in [0.25, 0.3) is 0 Å². The summed E-state index contributed by atoms with van der Waals surface area (Å²) in [5, 5.41) is 36.7. The smallest absolute Gasteiger partial charge is 0.393 e. The van der Waals surface area contributed by atoms with Crippen molar-refractivity contribution in [2.24, 2.45) is 5.41 Å². The Labute approximate surface area is 389 Å². The van der Waals surface area contributed by atoms with Crippen LogP contribution in [0.1, 0.15) is 136 Å². The van der Waals surface area contributed by atoms with Crippen LogP contribution in [0.25, 0.3) is 11.2 Å².